The second-order valence-electron chi connectivity index (χ2n) is 6.12. The Morgan fingerprint density at radius 3 is 2.52 bits per heavy atom. The van der Waals surface area contributed by atoms with Crippen LogP contribution in [-0.2, 0) is 14.3 Å². The molecule has 120 valence electrons. The van der Waals surface area contributed by atoms with Crippen molar-refractivity contribution in [3.05, 3.63) is 0 Å². The van der Waals surface area contributed by atoms with E-state index in [1.54, 1.807) is 0 Å². The molecule has 6 heteroatoms. The summed E-state index contributed by atoms with van der Waals surface area (Å²) in [5, 5.41) is 15.1. The van der Waals surface area contributed by atoms with Gasteiger partial charge in [0.2, 0.25) is 5.91 Å². The summed E-state index contributed by atoms with van der Waals surface area (Å²) >= 11 is 0. The molecule has 0 bridgehead atoms. The second-order valence-corrected chi connectivity index (χ2v) is 6.12. The molecule has 6 nitrogen and oxygen atoms in total. The molecule has 0 radical (unpaired) electrons. The van der Waals surface area contributed by atoms with E-state index in [9.17, 15) is 9.59 Å². The van der Waals surface area contributed by atoms with Crippen LogP contribution in [0.5, 0.6) is 0 Å². The van der Waals surface area contributed by atoms with Crippen LogP contribution in [-0.4, -0.2) is 48.8 Å². The van der Waals surface area contributed by atoms with Crippen LogP contribution in [0.25, 0.3) is 0 Å². The van der Waals surface area contributed by atoms with Crippen molar-refractivity contribution in [2.75, 3.05) is 19.7 Å². The minimum absolute atomic E-state index is 0.0230. The van der Waals surface area contributed by atoms with E-state index >= 15 is 0 Å². The van der Waals surface area contributed by atoms with Crippen molar-refractivity contribution in [1.29, 1.82) is 0 Å². The Labute approximate surface area is 125 Å². The molecule has 2 fully saturated rings. The number of aliphatic carboxylic acids is 1. The van der Waals surface area contributed by atoms with Gasteiger partial charge in [-0.15, -0.1) is 0 Å². The SMILES string of the molecule is O=C(COC1CNCC(C(=O)O)C1)NC1CCCCCC1. The van der Waals surface area contributed by atoms with Crippen LogP contribution in [0.15, 0.2) is 0 Å². The molecule has 1 heterocycles. The van der Waals surface area contributed by atoms with Gasteiger partial charge in [-0.2, -0.15) is 0 Å². The normalized spacial score (nSPS) is 27.8. The fourth-order valence-corrected chi connectivity index (χ4v) is 3.10. The van der Waals surface area contributed by atoms with Crippen LogP contribution in [0.3, 0.4) is 0 Å². The molecule has 0 aromatic rings. The largest absolute Gasteiger partial charge is 0.481 e. The molecule has 2 rings (SSSR count). The molecule has 0 spiro atoms. The van der Waals surface area contributed by atoms with Gasteiger partial charge in [-0.1, -0.05) is 25.7 Å². The van der Waals surface area contributed by atoms with Crippen LogP contribution in [0, 0.1) is 5.92 Å². The summed E-state index contributed by atoms with van der Waals surface area (Å²) in [6.45, 7) is 1.11. The Morgan fingerprint density at radius 2 is 1.86 bits per heavy atom. The minimum atomic E-state index is -0.807. The molecule has 1 saturated carbocycles. The van der Waals surface area contributed by atoms with Gasteiger partial charge in [0.15, 0.2) is 0 Å². The standard InChI is InChI=1S/C15H26N2O4/c18-14(17-12-5-3-1-2-4-6-12)10-21-13-7-11(15(19)20)8-16-9-13/h11-13,16H,1-10H2,(H,17,18)(H,19,20). The Bertz CT molecular complexity index is 354. The van der Waals surface area contributed by atoms with Crippen LogP contribution in [0.4, 0.5) is 0 Å². The maximum absolute atomic E-state index is 11.9. The first-order valence-corrected chi connectivity index (χ1v) is 7.99. The summed E-state index contributed by atoms with van der Waals surface area (Å²) in [4.78, 5) is 22.9. The van der Waals surface area contributed by atoms with Gasteiger partial charge >= 0.3 is 5.97 Å². The number of carboxylic acid groups (broad SMARTS) is 1. The first kappa shape index (κ1) is 16.2. The third-order valence-corrected chi connectivity index (χ3v) is 4.33. The zero-order chi connectivity index (χ0) is 15.1. The third kappa shape index (κ3) is 5.63. The van der Waals surface area contributed by atoms with E-state index < -0.39 is 11.9 Å². The van der Waals surface area contributed by atoms with E-state index in [-0.39, 0.29) is 24.7 Å². The zero-order valence-electron chi connectivity index (χ0n) is 12.5. The van der Waals surface area contributed by atoms with Gasteiger partial charge in [0, 0.05) is 19.1 Å². The van der Waals surface area contributed by atoms with Crippen LogP contribution >= 0.6 is 0 Å². The number of carbonyl (C=O) groups excluding carboxylic acids is 1. The number of amides is 1. The van der Waals surface area contributed by atoms with Crippen molar-refractivity contribution in [1.82, 2.24) is 10.6 Å². The zero-order valence-corrected chi connectivity index (χ0v) is 12.5. The molecular formula is C15H26N2O4. The summed E-state index contributed by atoms with van der Waals surface area (Å²) in [5.41, 5.74) is 0. The molecule has 2 atom stereocenters. The molecule has 0 aromatic carbocycles. The molecule has 2 aliphatic rings. The van der Waals surface area contributed by atoms with E-state index in [1.807, 2.05) is 0 Å². The lowest BCUT2D eigenvalue weighted by Crippen LogP contribution is -2.45. The Balaban J connectivity index is 1.67. The maximum atomic E-state index is 11.9. The molecule has 21 heavy (non-hydrogen) atoms. The predicted molar refractivity (Wildman–Crippen MR) is 78.0 cm³/mol. The highest BCUT2D eigenvalue weighted by atomic mass is 16.5. The first-order chi connectivity index (χ1) is 10.1. The maximum Gasteiger partial charge on any atom is 0.307 e. The lowest BCUT2D eigenvalue weighted by Gasteiger charge is -2.27. The second kappa shape index (κ2) is 8.34. The quantitative estimate of drug-likeness (QED) is 0.657. The van der Waals surface area contributed by atoms with E-state index in [4.69, 9.17) is 9.84 Å². The van der Waals surface area contributed by atoms with Gasteiger partial charge in [0.05, 0.1) is 12.0 Å². The van der Waals surface area contributed by atoms with E-state index in [0.29, 0.717) is 19.5 Å². The molecule has 0 aromatic heterocycles. The number of carboxylic acids is 1. The number of nitrogens with one attached hydrogen (secondary N) is 2. The molecule has 1 amide bonds. The monoisotopic (exact) mass is 298 g/mol. The number of hydrogen-bond acceptors (Lipinski definition) is 4. The molecular weight excluding hydrogens is 272 g/mol. The highest BCUT2D eigenvalue weighted by Gasteiger charge is 2.27. The van der Waals surface area contributed by atoms with Crippen molar-refractivity contribution in [2.45, 2.75) is 57.1 Å². The van der Waals surface area contributed by atoms with Gasteiger partial charge in [0.25, 0.3) is 0 Å². The van der Waals surface area contributed by atoms with E-state index in [0.717, 1.165) is 12.8 Å². The number of rotatable bonds is 5. The smallest absolute Gasteiger partial charge is 0.307 e. The lowest BCUT2D eigenvalue weighted by molar-refractivity contribution is -0.144. The Hall–Kier alpha value is -1.14. The average Bonchev–Trinajstić information content (AvgIpc) is 2.74. The molecule has 2 unspecified atom stereocenters. The van der Waals surface area contributed by atoms with Gasteiger partial charge < -0.3 is 20.5 Å². The van der Waals surface area contributed by atoms with E-state index in [1.165, 1.54) is 25.7 Å². The molecule has 1 saturated heterocycles. The summed E-state index contributed by atoms with van der Waals surface area (Å²) in [5.74, 6) is -1.31. The average molecular weight is 298 g/mol. The van der Waals surface area contributed by atoms with Gasteiger partial charge in [-0.3, -0.25) is 9.59 Å². The molecule has 1 aliphatic carbocycles. The summed E-state index contributed by atoms with van der Waals surface area (Å²) < 4.78 is 5.56. The summed E-state index contributed by atoms with van der Waals surface area (Å²) in [7, 11) is 0. The Morgan fingerprint density at radius 1 is 1.14 bits per heavy atom. The third-order valence-electron chi connectivity index (χ3n) is 4.33. The summed E-state index contributed by atoms with van der Waals surface area (Å²) in [6.07, 6.45) is 7.26. The minimum Gasteiger partial charge on any atom is -0.481 e. The van der Waals surface area contributed by atoms with Gasteiger partial charge in [0.1, 0.15) is 6.61 Å². The van der Waals surface area contributed by atoms with Gasteiger partial charge in [-0.05, 0) is 19.3 Å². The van der Waals surface area contributed by atoms with Crippen molar-refractivity contribution < 1.29 is 19.4 Å². The van der Waals surface area contributed by atoms with E-state index in [2.05, 4.69) is 10.6 Å². The predicted octanol–water partition coefficient (Wildman–Crippen LogP) is 0.905. The molecule has 1 aliphatic heterocycles. The number of carbonyl (C=O) groups is 2. The fraction of sp³-hybridized carbons (Fsp3) is 0.867. The van der Waals surface area contributed by atoms with Crippen LogP contribution in [0.1, 0.15) is 44.9 Å². The number of ether oxygens (including phenoxy) is 1. The molecule has 3 N–H and O–H groups in total. The lowest BCUT2D eigenvalue weighted by atomic mass is 9.98. The highest BCUT2D eigenvalue weighted by molar-refractivity contribution is 5.77. The summed E-state index contributed by atoms with van der Waals surface area (Å²) in [6, 6.07) is 0.278. The highest BCUT2D eigenvalue weighted by Crippen LogP contribution is 2.17. The van der Waals surface area contributed by atoms with Gasteiger partial charge in [-0.25, -0.2) is 0 Å². The topological polar surface area (TPSA) is 87.7 Å². The van der Waals surface area contributed by atoms with Crippen molar-refractivity contribution in [3.63, 3.8) is 0 Å². The van der Waals surface area contributed by atoms with Crippen molar-refractivity contribution >= 4 is 11.9 Å². The van der Waals surface area contributed by atoms with Crippen LogP contribution in [0.2, 0.25) is 0 Å². The van der Waals surface area contributed by atoms with Crippen molar-refractivity contribution in [3.8, 4) is 0 Å². The Kier molecular flexibility index (Phi) is 6.45. The number of hydrogen-bond donors (Lipinski definition) is 3. The first-order valence-electron chi connectivity index (χ1n) is 7.99. The van der Waals surface area contributed by atoms with Crippen molar-refractivity contribution in [2.24, 2.45) is 5.92 Å². The fourth-order valence-electron chi connectivity index (χ4n) is 3.10. The number of piperidine rings is 1. The van der Waals surface area contributed by atoms with Crippen LogP contribution < -0.4 is 10.6 Å².